The lowest BCUT2D eigenvalue weighted by molar-refractivity contribution is 0.100. The smallest absolute Gasteiger partial charge is 0.332 e. The summed E-state index contributed by atoms with van der Waals surface area (Å²) in [5.41, 5.74) is 7.15. The summed E-state index contributed by atoms with van der Waals surface area (Å²) < 4.78 is 6.11. The summed E-state index contributed by atoms with van der Waals surface area (Å²) in [6.45, 7) is 3.92. The molecule has 3 heterocycles. The van der Waals surface area contributed by atoms with Crippen molar-refractivity contribution in [2.24, 2.45) is 12.8 Å². The quantitative estimate of drug-likeness (QED) is 0.525. The third kappa shape index (κ3) is 2.70. The summed E-state index contributed by atoms with van der Waals surface area (Å²) in [5.74, 6) is -0.00522. The molecule has 4 aromatic rings. The highest BCUT2D eigenvalue weighted by Crippen LogP contribution is 2.21. The van der Waals surface area contributed by atoms with E-state index in [1.807, 2.05) is 18.4 Å². The van der Waals surface area contributed by atoms with Gasteiger partial charge < -0.3 is 5.73 Å². The molecule has 3 aromatic heterocycles. The molecule has 0 bridgehead atoms. The molecule has 0 atom stereocenters. The van der Waals surface area contributed by atoms with Crippen molar-refractivity contribution in [2.75, 3.05) is 0 Å². The van der Waals surface area contributed by atoms with Crippen LogP contribution in [0, 0.1) is 6.92 Å². The van der Waals surface area contributed by atoms with Gasteiger partial charge in [-0.1, -0.05) is 12.2 Å². The number of benzene rings is 1. The predicted molar refractivity (Wildman–Crippen MR) is 110 cm³/mol. The van der Waals surface area contributed by atoms with Crippen LogP contribution in [0.2, 0.25) is 0 Å². The van der Waals surface area contributed by atoms with E-state index in [0.717, 1.165) is 11.4 Å². The summed E-state index contributed by atoms with van der Waals surface area (Å²) in [5, 5.41) is 0. The van der Waals surface area contributed by atoms with E-state index in [9.17, 15) is 14.4 Å². The molecule has 0 radical (unpaired) electrons. The van der Waals surface area contributed by atoms with Gasteiger partial charge in [0.1, 0.15) is 0 Å². The summed E-state index contributed by atoms with van der Waals surface area (Å²) in [6, 6.07) is 6.79. The molecule has 0 fully saturated rings. The molecular weight excluding hydrogens is 372 g/mol. The van der Waals surface area contributed by atoms with E-state index in [-0.39, 0.29) is 6.54 Å². The van der Waals surface area contributed by atoms with Crippen molar-refractivity contribution in [1.82, 2.24) is 23.1 Å². The summed E-state index contributed by atoms with van der Waals surface area (Å²) >= 11 is 0. The Morgan fingerprint density at radius 1 is 1.21 bits per heavy atom. The number of carbonyl (C=O) groups is 1. The van der Waals surface area contributed by atoms with Crippen molar-refractivity contribution >= 4 is 22.8 Å². The summed E-state index contributed by atoms with van der Waals surface area (Å²) in [4.78, 5) is 41.6. The lowest BCUT2D eigenvalue weighted by atomic mass is 10.2. The van der Waals surface area contributed by atoms with Crippen LogP contribution in [0.1, 0.15) is 23.0 Å². The third-order valence-electron chi connectivity index (χ3n) is 4.96. The van der Waals surface area contributed by atoms with Gasteiger partial charge in [0.25, 0.3) is 5.56 Å². The van der Waals surface area contributed by atoms with E-state index in [2.05, 4.69) is 4.98 Å². The van der Waals surface area contributed by atoms with Crippen molar-refractivity contribution in [3.8, 4) is 5.69 Å². The van der Waals surface area contributed by atoms with Gasteiger partial charge in [0.15, 0.2) is 11.2 Å². The fourth-order valence-corrected chi connectivity index (χ4v) is 3.48. The van der Waals surface area contributed by atoms with Crippen LogP contribution in [-0.4, -0.2) is 29.0 Å². The van der Waals surface area contributed by atoms with E-state index in [0.29, 0.717) is 22.5 Å². The number of nitrogens with two attached hydrogens (primary N) is 1. The van der Waals surface area contributed by atoms with Gasteiger partial charge in [-0.15, -0.1) is 0 Å². The van der Waals surface area contributed by atoms with E-state index in [1.165, 1.54) is 9.13 Å². The Labute approximate surface area is 164 Å². The van der Waals surface area contributed by atoms with E-state index >= 15 is 0 Å². The number of fused-ring (bicyclic) bond motifs is 3. The maximum absolute atomic E-state index is 13.1. The standard InChI is InChI=1S/C20H20N6O3/c1-4-5-10-24-18(28)15-17(23(3)20(24)29)22-19-25(15)11-12(2)26(19)14-8-6-13(7-9-14)16(21)27/h4-9,11H,10H2,1-3H3,(H2,21,27). The topological polar surface area (TPSA) is 109 Å². The van der Waals surface area contributed by atoms with E-state index in [1.54, 1.807) is 54.1 Å². The molecule has 9 heteroatoms. The van der Waals surface area contributed by atoms with Crippen molar-refractivity contribution in [3.63, 3.8) is 0 Å². The highest BCUT2D eigenvalue weighted by atomic mass is 16.2. The Balaban J connectivity index is 2.04. The monoisotopic (exact) mass is 392 g/mol. The van der Waals surface area contributed by atoms with Gasteiger partial charge in [-0.25, -0.2) is 4.79 Å². The van der Waals surface area contributed by atoms with Gasteiger partial charge in [-0.05, 0) is 38.1 Å². The minimum atomic E-state index is -0.505. The first kappa shape index (κ1) is 18.5. The number of aryl methyl sites for hydroxylation is 2. The molecule has 0 saturated heterocycles. The third-order valence-corrected chi connectivity index (χ3v) is 4.96. The number of carbonyl (C=O) groups excluding carboxylic acids is 1. The molecule has 0 spiro atoms. The Hall–Kier alpha value is -3.88. The normalized spacial score (nSPS) is 11.8. The van der Waals surface area contributed by atoms with Crippen molar-refractivity contribution in [1.29, 1.82) is 0 Å². The predicted octanol–water partition coefficient (Wildman–Crippen LogP) is 1.12. The van der Waals surface area contributed by atoms with Gasteiger partial charge in [-0.2, -0.15) is 4.98 Å². The molecule has 148 valence electrons. The average Bonchev–Trinajstić information content (AvgIpc) is 3.21. The Kier molecular flexibility index (Phi) is 4.22. The Morgan fingerprint density at radius 2 is 1.90 bits per heavy atom. The van der Waals surface area contributed by atoms with Gasteiger partial charge >= 0.3 is 5.69 Å². The molecule has 29 heavy (non-hydrogen) atoms. The average molecular weight is 392 g/mol. The van der Waals surface area contributed by atoms with Crippen LogP contribution in [0.5, 0.6) is 0 Å². The maximum Gasteiger partial charge on any atom is 0.332 e. The second-order valence-electron chi connectivity index (χ2n) is 6.80. The van der Waals surface area contributed by atoms with Gasteiger partial charge in [0, 0.05) is 36.7 Å². The number of amides is 1. The SMILES string of the molecule is CC=CCn1c(=O)c2c(nc3n(-c4ccc(C(N)=O)cc4)c(C)cn23)n(C)c1=O. The minimum absolute atomic E-state index is 0.194. The number of nitrogens with zero attached hydrogens (tertiary/aromatic N) is 5. The summed E-state index contributed by atoms with van der Waals surface area (Å²) in [6.07, 6.45) is 5.35. The highest BCUT2D eigenvalue weighted by Gasteiger charge is 2.20. The highest BCUT2D eigenvalue weighted by molar-refractivity contribution is 5.93. The van der Waals surface area contributed by atoms with Gasteiger partial charge in [-0.3, -0.25) is 27.7 Å². The van der Waals surface area contributed by atoms with Crippen molar-refractivity contribution in [3.05, 3.63) is 74.7 Å². The van der Waals surface area contributed by atoms with Crippen LogP contribution in [-0.2, 0) is 13.6 Å². The first-order valence-electron chi connectivity index (χ1n) is 9.06. The summed E-state index contributed by atoms with van der Waals surface area (Å²) in [7, 11) is 1.60. The molecule has 0 aliphatic heterocycles. The van der Waals surface area contributed by atoms with Crippen molar-refractivity contribution in [2.45, 2.75) is 20.4 Å². The molecule has 1 amide bonds. The fourth-order valence-electron chi connectivity index (χ4n) is 3.48. The molecular formula is C20H20N6O3. The fraction of sp³-hybridized carbons (Fsp3) is 0.200. The van der Waals surface area contributed by atoms with Crippen LogP contribution in [0.3, 0.4) is 0 Å². The lowest BCUT2D eigenvalue weighted by Crippen LogP contribution is -2.39. The largest absolute Gasteiger partial charge is 0.366 e. The lowest BCUT2D eigenvalue weighted by Gasteiger charge is -2.06. The molecule has 0 unspecified atom stereocenters. The minimum Gasteiger partial charge on any atom is -0.366 e. The second kappa shape index (κ2) is 6.62. The Bertz CT molecular complexity index is 1410. The van der Waals surface area contributed by atoms with Gasteiger partial charge in [0.2, 0.25) is 11.7 Å². The zero-order valence-corrected chi connectivity index (χ0v) is 16.3. The van der Waals surface area contributed by atoms with Crippen molar-refractivity contribution < 1.29 is 4.79 Å². The van der Waals surface area contributed by atoms with Gasteiger partial charge in [0.05, 0.1) is 0 Å². The molecule has 1 aromatic carbocycles. The molecule has 0 aliphatic carbocycles. The number of rotatable bonds is 4. The molecule has 9 nitrogen and oxygen atoms in total. The number of allylic oxidation sites excluding steroid dienone is 2. The number of imidazole rings is 2. The number of aromatic nitrogens is 5. The van der Waals surface area contributed by atoms with Crippen LogP contribution < -0.4 is 17.0 Å². The zero-order valence-electron chi connectivity index (χ0n) is 16.3. The second-order valence-corrected chi connectivity index (χ2v) is 6.80. The Morgan fingerprint density at radius 3 is 2.52 bits per heavy atom. The molecule has 4 rings (SSSR count). The first-order chi connectivity index (χ1) is 13.8. The molecule has 0 saturated carbocycles. The van der Waals surface area contributed by atoms with Crippen LogP contribution in [0.4, 0.5) is 0 Å². The first-order valence-corrected chi connectivity index (χ1v) is 9.06. The van der Waals surface area contributed by atoms with Crippen LogP contribution in [0.15, 0.2) is 52.2 Å². The van der Waals surface area contributed by atoms with Crippen LogP contribution in [0.25, 0.3) is 22.6 Å². The maximum atomic E-state index is 13.1. The van der Waals surface area contributed by atoms with Crippen LogP contribution >= 0.6 is 0 Å². The molecule has 0 aliphatic rings. The number of hydrogen-bond donors (Lipinski definition) is 1. The van der Waals surface area contributed by atoms with E-state index < -0.39 is 17.2 Å². The number of primary amides is 1. The molecule has 2 N–H and O–H groups in total. The number of hydrogen-bond acceptors (Lipinski definition) is 4. The van der Waals surface area contributed by atoms with E-state index in [4.69, 9.17) is 5.73 Å². The zero-order chi connectivity index (χ0) is 20.9.